The molecule has 1 aliphatic heterocycles. The number of carbonyl (C=O) groups is 2. The van der Waals surface area contributed by atoms with Crippen LogP contribution in [0.5, 0.6) is 0 Å². The summed E-state index contributed by atoms with van der Waals surface area (Å²) in [6, 6.07) is 14.1. The summed E-state index contributed by atoms with van der Waals surface area (Å²) in [5.74, 6) is -0.843. The fourth-order valence-electron chi connectivity index (χ4n) is 4.66. The summed E-state index contributed by atoms with van der Waals surface area (Å²) >= 11 is 6.06. The van der Waals surface area contributed by atoms with Crippen molar-refractivity contribution >= 4 is 23.5 Å². The van der Waals surface area contributed by atoms with E-state index < -0.39 is 11.5 Å². The number of nitrogens with zero attached hydrogens (tertiary/aromatic N) is 1. The summed E-state index contributed by atoms with van der Waals surface area (Å²) in [5, 5.41) is 13.3. The first kappa shape index (κ1) is 25.2. The second-order valence-electron chi connectivity index (χ2n) is 9.98. The van der Waals surface area contributed by atoms with Crippen LogP contribution in [0.15, 0.2) is 48.5 Å². The second-order valence-corrected chi connectivity index (χ2v) is 10.4. The lowest BCUT2D eigenvalue weighted by molar-refractivity contribution is -0.140. The number of halogens is 1. The van der Waals surface area contributed by atoms with Gasteiger partial charge in [0, 0.05) is 35.6 Å². The van der Waals surface area contributed by atoms with Crippen molar-refractivity contribution in [2.24, 2.45) is 17.1 Å². The van der Waals surface area contributed by atoms with E-state index in [-0.39, 0.29) is 28.8 Å². The van der Waals surface area contributed by atoms with Crippen molar-refractivity contribution in [2.75, 3.05) is 13.1 Å². The first-order chi connectivity index (χ1) is 15.4. The molecule has 1 heterocycles. The van der Waals surface area contributed by atoms with E-state index in [9.17, 15) is 14.7 Å². The fraction of sp³-hybridized carbons (Fsp3) is 0.462. The first-order valence-electron chi connectivity index (χ1n) is 11.3. The highest BCUT2D eigenvalue weighted by atomic mass is 35.5. The Labute approximate surface area is 201 Å². The Bertz CT molecular complexity index is 1010. The molecule has 2 atom stereocenters. The molecule has 1 fully saturated rings. The Balaban J connectivity index is 1.72. The van der Waals surface area contributed by atoms with E-state index in [1.165, 1.54) is 0 Å². The van der Waals surface area contributed by atoms with Crippen molar-refractivity contribution in [1.29, 1.82) is 0 Å². The number of nitrogens with two attached hydrogens (primary N) is 1. The van der Waals surface area contributed by atoms with Gasteiger partial charge in [-0.15, -0.1) is 0 Å². The average Bonchev–Trinajstić information content (AvgIpc) is 2.76. The zero-order chi connectivity index (χ0) is 24.4. The van der Waals surface area contributed by atoms with Gasteiger partial charge in [0.1, 0.15) is 0 Å². The molecule has 3 rings (SSSR count). The molecule has 0 saturated carbocycles. The normalized spacial score (nSPS) is 21.1. The molecule has 1 aliphatic rings. The largest absolute Gasteiger partial charge is 0.478 e. The zero-order valence-corrected chi connectivity index (χ0v) is 20.5. The predicted molar refractivity (Wildman–Crippen MR) is 131 cm³/mol. The van der Waals surface area contributed by atoms with Gasteiger partial charge in [-0.25, -0.2) is 4.79 Å². The minimum absolute atomic E-state index is 0.0469. The fourth-order valence-corrected chi connectivity index (χ4v) is 4.79. The number of hydrogen-bond acceptors (Lipinski definition) is 4. The van der Waals surface area contributed by atoms with Crippen LogP contribution < -0.4 is 11.1 Å². The Hall–Kier alpha value is -2.41. The Morgan fingerprint density at radius 2 is 1.85 bits per heavy atom. The lowest BCUT2D eigenvalue weighted by Crippen LogP contribution is -2.63. The van der Waals surface area contributed by atoms with Gasteiger partial charge in [-0.2, -0.15) is 0 Å². The standard InChI is InChI=1S/C26H34ClN3O3/c1-17(2)22(29-15-18-6-5-7-19(14-18)24(32)33)23(31)30-13-12-26(28,25(3,4)16-30)20-8-10-21(27)11-9-20/h5-11,14,17,22,29H,12-13,15-16,28H2,1-4H3,(H,32,33)/t22-,26?/m1/s1. The van der Waals surface area contributed by atoms with Crippen LogP contribution >= 0.6 is 11.6 Å². The first-order valence-corrected chi connectivity index (χ1v) is 11.7. The van der Waals surface area contributed by atoms with Crippen LogP contribution in [0.3, 0.4) is 0 Å². The number of aromatic carboxylic acids is 1. The molecule has 33 heavy (non-hydrogen) atoms. The molecule has 0 aliphatic carbocycles. The number of benzene rings is 2. The number of nitrogens with one attached hydrogen (secondary N) is 1. The molecule has 2 aromatic carbocycles. The molecule has 6 nitrogen and oxygen atoms in total. The highest BCUT2D eigenvalue weighted by Crippen LogP contribution is 2.44. The summed E-state index contributed by atoms with van der Waals surface area (Å²) in [6.07, 6.45) is 0.652. The van der Waals surface area contributed by atoms with Crippen molar-refractivity contribution in [3.63, 3.8) is 0 Å². The maximum atomic E-state index is 13.5. The monoisotopic (exact) mass is 471 g/mol. The molecule has 4 N–H and O–H groups in total. The summed E-state index contributed by atoms with van der Waals surface area (Å²) < 4.78 is 0. The number of rotatable bonds is 7. The quantitative estimate of drug-likeness (QED) is 0.560. The topological polar surface area (TPSA) is 95.7 Å². The van der Waals surface area contributed by atoms with E-state index in [1.807, 2.05) is 49.1 Å². The van der Waals surface area contributed by atoms with Crippen LogP contribution in [-0.2, 0) is 16.9 Å². The van der Waals surface area contributed by atoms with Crippen molar-refractivity contribution in [2.45, 2.75) is 52.2 Å². The third-order valence-electron chi connectivity index (χ3n) is 6.87. The number of amides is 1. The van der Waals surface area contributed by atoms with Crippen molar-refractivity contribution in [1.82, 2.24) is 10.2 Å². The van der Waals surface area contributed by atoms with Gasteiger partial charge in [0.15, 0.2) is 0 Å². The Kier molecular flexibility index (Phi) is 7.52. The third kappa shape index (κ3) is 5.40. The minimum atomic E-state index is -0.963. The lowest BCUT2D eigenvalue weighted by Gasteiger charge is -2.52. The Morgan fingerprint density at radius 3 is 2.42 bits per heavy atom. The maximum Gasteiger partial charge on any atom is 0.335 e. The van der Waals surface area contributed by atoms with E-state index in [1.54, 1.807) is 18.2 Å². The van der Waals surface area contributed by atoms with E-state index in [0.717, 1.165) is 11.1 Å². The number of carboxylic acids is 1. The van der Waals surface area contributed by atoms with Crippen LogP contribution in [0.2, 0.25) is 5.02 Å². The highest BCUT2D eigenvalue weighted by molar-refractivity contribution is 6.30. The van der Waals surface area contributed by atoms with Gasteiger partial charge in [0.25, 0.3) is 0 Å². The van der Waals surface area contributed by atoms with Crippen molar-refractivity contribution < 1.29 is 14.7 Å². The molecule has 1 saturated heterocycles. The molecule has 7 heteroatoms. The van der Waals surface area contributed by atoms with Crippen LogP contribution in [0.25, 0.3) is 0 Å². The summed E-state index contributed by atoms with van der Waals surface area (Å²) in [6.45, 7) is 9.77. The van der Waals surface area contributed by atoms with Gasteiger partial charge >= 0.3 is 5.97 Å². The number of likely N-dealkylation sites (tertiary alicyclic amines) is 1. The van der Waals surface area contributed by atoms with E-state index in [2.05, 4.69) is 19.2 Å². The van der Waals surface area contributed by atoms with Gasteiger partial charge < -0.3 is 21.1 Å². The molecule has 178 valence electrons. The Morgan fingerprint density at radius 1 is 1.18 bits per heavy atom. The van der Waals surface area contributed by atoms with E-state index in [0.29, 0.717) is 31.1 Å². The van der Waals surface area contributed by atoms with Crippen LogP contribution in [0.4, 0.5) is 0 Å². The molecular weight excluding hydrogens is 438 g/mol. The molecule has 0 spiro atoms. The van der Waals surface area contributed by atoms with Crippen molar-refractivity contribution in [3.8, 4) is 0 Å². The lowest BCUT2D eigenvalue weighted by atomic mass is 9.64. The minimum Gasteiger partial charge on any atom is -0.478 e. The summed E-state index contributed by atoms with van der Waals surface area (Å²) in [7, 11) is 0. The summed E-state index contributed by atoms with van der Waals surface area (Å²) in [5.41, 5.74) is 8.13. The zero-order valence-electron chi connectivity index (χ0n) is 19.8. The van der Waals surface area contributed by atoms with E-state index in [4.69, 9.17) is 17.3 Å². The molecule has 0 radical (unpaired) electrons. The molecule has 0 aromatic heterocycles. The van der Waals surface area contributed by atoms with Crippen LogP contribution in [0, 0.1) is 11.3 Å². The number of hydrogen-bond donors (Lipinski definition) is 3. The van der Waals surface area contributed by atoms with Gasteiger partial charge in [-0.3, -0.25) is 4.79 Å². The van der Waals surface area contributed by atoms with Gasteiger partial charge in [-0.1, -0.05) is 63.6 Å². The molecule has 2 aromatic rings. The number of carbonyl (C=O) groups excluding carboxylic acids is 1. The van der Waals surface area contributed by atoms with Gasteiger partial charge in [0.2, 0.25) is 5.91 Å². The molecule has 0 bridgehead atoms. The predicted octanol–water partition coefficient (Wildman–Crippen LogP) is 4.27. The van der Waals surface area contributed by atoms with Crippen LogP contribution in [0.1, 0.15) is 55.6 Å². The second kappa shape index (κ2) is 9.84. The molecule has 1 unspecified atom stereocenters. The average molecular weight is 472 g/mol. The highest BCUT2D eigenvalue weighted by Gasteiger charge is 2.48. The molecule has 1 amide bonds. The SMILES string of the molecule is CC(C)[C@@H](NCc1cccc(C(=O)O)c1)C(=O)N1CCC(N)(c2ccc(Cl)cc2)C(C)(C)C1. The van der Waals surface area contributed by atoms with Crippen LogP contribution in [-0.4, -0.2) is 41.0 Å². The van der Waals surface area contributed by atoms with E-state index >= 15 is 0 Å². The van der Waals surface area contributed by atoms with Crippen molar-refractivity contribution in [3.05, 3.63) is 70.2 Å². The third-order valence-corrected chi connectivity index (χ3v) is 7.13. The smallest absolute Gasteiger partial charge is 0.335 e. The van der Waals surface area contributed by atoms with Gasteiger partial charge in [0.05, 0.1) is 11.6 Å². The number of carboxylic acid groups (broad SMARTS) is 1. The summed E-state index contributed by atoms with van der Waals surface area (Å²) in [4.78, 5) is 26.7. The maximum absolute atomic E-state index is 13.5. The number of piperidine rings is 1. The van der Waals surface area contributed by atoms with Gasteiger partial charge in [-0.05, 0) is 47.7 Å². The molecular formula is C26H34ClN3O3.